The first-order valence-electron chi connectivity index (χ1n) is 4.56. The minimum atomic E-state index is -0.355. The summed E-state index contributed by atoms with van der Waals surface area (Å²) < 4.78 is 2.54. The molecular weight excluding hydrogens is 204 g/mol. The van der Waals surface area contributed by atoms with E-state index in [1.54, 1.807) is 0 Å². The van der Waals surface area contributed by atoms with Gasteiger partial charge in [-0.15, -0.1) is 0 Å². The third kappa shape index (κ3) is 1.62. The van der Waals surface area contributed by atoms with E-state index in [1.165, 1.54) is 17.7 Å². The summed E-state index contributed by atoms with van der Waals surface area (Å²) in [6, 6.07) is 1.28. The van der Waals surface area contributed by atoms with Gasteiger partial charge in [-0.3, -0.25) is 13.9 Å². The second-order valence-electron chi connectivity index (χ2n) is 3.70. The SMILES string of the molecule is Cn1c(=O)cc(Cl)n(CC2CC2)c1=O. The molecule has 0 spiro atoms. The Labute approximate surface area is 85.7 Å². The molecule has 0 bridgehead atoms. The summed E-state index contributed by atoms with van der Waals surface area (Å²) >= 11 is 5.83. The van der Waals surface area contributed by atoms with E-state index in [-0.39, 0.29) is 16.4 Å². The van der Waals surface area contributed by atoms with E-state index in [4.69, 9.17) is 11.6 Å². The summed E-state index contributed by atoms with van der Waals surface area (Å²) in [7, 11) is 1.46. The van der Waals surface area contributed by atoms with Gasteiger partial charge in [-0.1, -0.05) is 11.6 Å². The molecule has 0 saturated heterocycles. The molecule has 1 aliphatic rings. The average molecular weight is 215 g/mol. The Balaban J connectivity index is 2.52. The quantitative estimate of drug-likeness (QED) is 0.678. The summed E-state index contributed by atoms with van der Waals surface area (Å²) in [5.41, 5.74) is -0.679. The predicted octanol–water partition coefficient (Wildman–Crippen LogP) is 0.610. The van der Waals surface area contributed by atoms with Gasteiger partial charge in [0.25, 0.3) is 5.56 Å². The summed E-state index contributed by atoms with van der Waals surface area (Å²) in [5.74, 6) is 0.558. The van der Waals surface area contributed by atoms with Crippen molar-refractivity contribution in [3.8, 4) is 0 Å². The zero-order valence-corrected chi connectivity index (χ0v) is 8.62. The Hall–Kier alpha value is -1.03. The largest absolute Gasteiger partial charge is 0.331 e. The van der Waals surface area contributed by atoms with Crippen LogP contribution in [0.1, 0.15) is 12.8 Å². The van der Waals surface area contributed by atoms with Crippen molar-refractivity contribution in [1.29, 1.82) is 0 Å². The van der Waals surface area contributed by atoms with Crippen LogP contribution in [-0.4, -0.2) is 9.13 Å². The lowest BCUT2D eigenvalue weighted by atomic mass is 10.4. The normalized spacial score (nSPS) is 15.9. The first-order chi connectivity index (χ1) is 6.59. The zero-order valence-electron chi connectivity index (χ0n) is 7.86. The van der Waals surface area contributed by atoms with Crippen LogP contribution in [0.2, 0.25) is 5.15 Å². The predicted molar refractivity (Wildman–Crippen MR) is 53.7 cm³/mol. The van der Waals surface area contributed by atoms with Crippen LogP contribution in [0.25, 0.3) is 0 Å². The highest BCUT2D eigenvalue weighted by Gasteiger charge is 2.23. The summed E-state index contributed by atoms with van der Waals surface area (Å²) in [4.78, 5) is 22.8. The number of hydrogen-bond donors (Lipinski definition) is 0. The van der Waals surface area contributed by atoms with Gasteiger partial charge < -0.3 is 0 Å². The lowest BCUT2D eigenvalue weighted by Gasteiger charge is -2.08. The molecule has 0 amide bonds. The van der Waals surface area contributed by atoms with E-state index in [0.717, 1.165) is 17.4 Å². The molecular formula is C9H11ClN2O2. The van der Waals surface area contributed by atoms with Gasteiger partial charge in [0.05, 0.1) is 0 Å². The van der Waals surface area contributed by atoms with Crippen LogP contribution in [0.5, 0.6) is 0 Å². The third-order valence-corrected chi connectivity index (χ3v) is 2.80. The monoisotopic (exact) mass is 214 g/mol. The van der Waals surface area contributed by atoms with Gasteiger partial charge in [0, 0.05) is 19.7 Å². The highest BCUT2D eigenvalue weighted by Crippen LogP contribution is 2.30. The van der Waals surface area contributed by atoms with E-state index >= 15 is 0 Å². The van der Waals surface area contributed by atoms with Gasteiger partial charge >= 0.3 is 5.69 Å². The highest BCUT2D eigenvalue weighted by atomic mass is 35.5. The van der Waals surface area contributed by atoms with Crippen molar-refractivity contribution in [1.82, 2.24) is 9.13 Å². The number of rotatable bonds is 2. The third-order valence-electron chi connectivity index (χ3n) is 2.49. The molecule has 1 aromatic heterocycles. The van der Waals surface area contributed by atoms with E-state index in [9.17, 15) is 9.59 Å². The van der Waals surface area contributed by atoms with Crippen molar-refractivity contribution >= 4 is 11.6 Å². The van der Waals surface area contributed by atoms with Crippen LogP contribution in [0.15, 0.2) is 15.7 Å². The second kappa shape index (κ2) is 3.28. The summed E-state index contributed by atoms with van der Waals surface area (Å²) in [5, 5.41) is 0.241. The molecule has 2 rings (SSSR count). The van der Waals surface area contributed by atoms with Crippen LogP contribution < -0.4 is 11.2 Å². The first kappa shape index (κ1) is 9.52. The van der Waals surface area contributed by atoms with Crippen molar-refractivity contribution in [3.05, 3.63) is 32.1 Å². The summed E-state index contributed by atoms with van der Waals surface area (Å²) in [6.45, 7) is 0.631. The number of hydrogen-bond acceptors (Lipinski definition) is 2. The molecule has 1 saturated carbocycles. The molecule has 0 unspecified atom stereocenters. The van der Waals surface area contributed by atoms with Gasteiger partial charge in [0.15, 0.2) is 0 Å². The fraction of sp³-hybridized carbons (Fsp3) is 0.556. The van der Waals surface area contributed by atoms with Crippen molar-refractivity contribution in [2.75, 3.05) is 0 Å². The van der Waals surface area contributed by atoms with Crippen molar-refractivity contribution in [3.63, 3.8) is 0 Å². The Bertz CT molecular complexity index is 471. The second-order valence-corrected chi connectivity index (χ2v) is 4.09. The van der Waals surface area contributed by atoms with Gasteiger partial charge in [-0.25, -0.2) is 4.79 Å². The van der Waals surface area contributed by atoms with E-state index in [2.05, 4.69) is 0 Å². The molecule has 1 fully saturated rings. The standard InChI is InChI=1S/C9H11ClN2O2/c1-11-8(13)4-7(10)12(9(11)14)5-6-2-3-6/h4,6H,2-3,5H2,1H3. The van der Waals surface area contributed by atoms with Gasteiger partial charge in [0.2, 0.25) is 0 Å². The van der Waals surface area contributed by atoms with E-state index in [1.807, 2.05) is 0 Å². The van der Waals surface area contributed by atoms with E-state index < -0.39 is 0 Å². The molecule has 0 aliphatic heterocycles. The fourth-order valence-corrected chi connectivity index (χ4v) is 1.60. The van der Waals surface area contributed by atoms with Crippen LogP contribution in [-0.2, 0) is 13.6 Å². The lowest BCUT2D eigenvalue weighted by Crippen LogP contribution is -2.38. The smallest absolute Gasteiger partial charge is 0.283 e. The molecule has 14 heavy (non-hydrogen) atoms. The van der Waals surface area contributed by atoms with Crippen LogP contribution >= 0.6 is 11.6 Å². The Morgan fingerprint density at radius 3 is 2.71 bits per heavy atom. The maximum absolute atomic E-state index is 11.6. The number of halogens is 1. The molecule has 76 valence electrons. The maximum atomic E-state index is 11.6. The Morgan fingerprint density at radius 1 is 1.50 bits per heavy atom. The Kier molecular flexibility index (Phi) is 2.23. The topological polar surface area (TPSA) is 44.0 Å². The van der Waals surface area contributed by atoms with Crippen LogP contribution in [0.4, 0.5) is 0 Å². The van der Waals surface area contributed by atoms with Crippen LogP contribution in [0.3, 0.4) is 0 Å². The summed E-state index contributed by atoms with van der Waals surface area (Å²) in [6.07, 6.45) is 2.29. The van der Waals surface area contributed by atoms with Crippen molar-refractivity contribution < 1.29 is 0 Å². The minimum absolute atomic E-state index is 0.241. The highest BCUT2D eigenvalue weighted by molar-refractivity contribution is 6.29. The average Bonchev–Trinajstić information content (AvgIpc) is 2.92. The maximum Gasteiger partial charge on any atom is 0.331 e. The molecule has 1 heterocycles. The van der Waals surface area contributed by atoms with Crippen molar-refractivity contribution in [2.45, 2.75) is 19.4 Å². The minimum Gasteiger partial charge on any atom is -0.283 e. The van der Waals surface area contributed by atoms with Crippen LogP contribution in [0, 0.1) is 5.92 Å². The molecule has 1 aromatic rings. The molecule has 0 N–H and O–H groups in total. The zero-order chi connectivity index (χ0) is 10.3. The Morgan fingerprint density at radius 2 is 2.14 bits per heavy atom. The number of aromatic nitrogens is 2. The fourth-order valence-electron chi connectivity index (χ4n) is 1.37. The molecule has 5 heteroatoms. The van der Waals surface area contributed by atoms with Gasteiger partial charge in [0.1, 0.15) is 5.15 Å². The van der Waals surface area contributed by atoms with Gasteiger partial charge in [-0.05, 0) is 18.8 Å². The molecule has 0 radical (unpaired) electrons. The lowest BCUT2D eigenvalue weighted by molar-refractivity contribution is 0.560. The molecule has 0 aromatic carbocycles. The van der Waals surface area contributed by atoms with Gasteiger partial charge in [-0.2, -0.15) is 0 Å². The first-order valence-corrected chi connectivity index (χ1v) is 4.94. The molecule has 1 aliphatic carbocycles. The van der Waals surface area contributed by atoms with Crippen molar-refractivity contribution in [2.24, 2.45) is 13.0 Å². The van der Waals surface area contributed by atoms with E-state index in [0.29, 0.717) is 12.5 Å². The molecule has 4 nitrogen and oxygen atoms in total. The molecule has 0 atom stereocenters. The number of nitrogens with zero attached hydrogens (tertiary/aromatic N) is 2.